The Labute approximate surface area is 204 Å². The van der Waals surface area contributed by atoms with Gasteiger partial charge >= 0.3 is 12.6 Å². The normalized spacial score (nSPS) is 18.4. The smallest absolute Gasteiger partial charge is 0.388 e. The summed E-state index contributed by atoms with van der Waals surface area (Å²) in [4.78, 5) is 19.1. The van der Waals surface area contributed by atoms with E-state index in [4.69, 9.17) is 4.74 Å². The van der Waals surface area contributed by atoms with Gasteiger partial charge in [0.15, 0.2) is 0 Å². The maximum atomic E-state index is 13.7. The highest BCUT2D eigenvalue weighted by atomic mass is 32.2. The zero-order valence-electron chi connectivity index (χ0n) is 20.2. The largest absolute Gasteiger partial charge is 0.481 e. The number of methoxy groups -OCH3 is 1. The number of ether oxygens (including phenoxy) is 2. The first-order valence-corrected chi connectivity index (χ1v) is 13.3. The zero-order valence-corrected chi connectivity index (χ0v) is 21.0. The number of aromatic nitrogens is 1. The Morgan fingerprint density at radius 1 is 1.11 bits per heavy atom. The minimum Gasteiger partial charge on any atom is -0.481 e. The van der Waals surface area contributed by atoms with E-state index in [1.807, 2.05) is 38.1 Å². The van der Waals surface area contributed by atoms with Gasteiger partial charge in [0, 0.05) is 24.1 Å². The maximum absolute atomic E-state index is 13.7. The average molecular weight is 512 g/mol. The van der Waals surface area contributed by atoms with Crippen molar-refractivity contribution in [3.8, 4) is 11.8 Å². The van der Waals surface area contributed by atoms with Crippen molar-refractivity contribution in [3.05, 3.63) is 42.0 Å². The highest BCUT2D eigenvalue weighted by Gasteiger charge is 2.35. The number of carbonyl (C=O) groups is 1. The van der Waals surface area contributed by atoms with Crippen LogP contribution in [0, 0.1) is 0 Å². The van der Waals surface area contributed by atoms with E-state index in [1.54, 1.807) is 4.90 Å². The molecule has 1 aromatic heterocycles. The Balaban J connectivity index is 1.97. The summed E-state index contributed by atoms with van der Waals surface area (Å²) in [5.74, 6) is -0.306. The Morgan fingerprint density at radius 2 is 1.77 bits per heavy atom. The standard InChI is InChI=1S/C24H31F2N3O5S/c1-15(2)18-7-5-6-8-20(18)29(16-9-11-17(12-10-16)35(4,31)32)24(30)27-19-13-14-21(33-3)28-22(19)34-23(25)26/h5-8,13-17,23H,9-12H2,1-4H3,(H,27,30). The number of alkyl halides is 2. The molecule has 0 aliphatic heterocycles. The third kappa shape index (κ3) is 6.59. The summed E-state index contributed by atoms with van der Waals surface area (Å²) >= 11 is 0. The van der Waals surface area contributed by atoms with Gasteiger partial charge in [-0.2, -0.15) is 13.8 Å². The van der Waals surface area contributed by atoms with E-state index in [-0.39, 0.29) is 23.5 Å². The number of benzene rings is 1. The van der Waals surface area contributed by atoms with Crippen LogP contribution in [0.1, 0.15) is 51.0 Å². The predicted octanol–water partition coefficient (Wildman–Crippen LogP) is 5.21. The lowest BCUT2D eigenvalue weighted by molar-refractivity contribution is -0.0525. The third-order valence-electron chi connectivity index (χ3n) is 6.14. The Kier molecular flexibility index (Phi) is 8.52. The molecule has 3 rings (SSSR count). The van der Waals surface area contributed by atoms with Crippen LogP contribution < -0.4 is 19.7 Å². The molecule has 1 aromatic carbocycles. The van der Waals surface area contributed by atoms with E-state index in [9.17, 15) is 22.0 Å². The van der Waals surface area contributed by atoms with Gasteiger partial charge in [0.1, 0.15) is 15.5 Å². The second kappa shape index (κ2) is 11.2. The van der Waals surface area contributed by atoms with Gasteiger partial charge in [-0.3, -0.25) is 4.90 Å². The van der Waals surface area contributed by atoms with Gasteiger partial charge in [-0.05, 0) is 49.3 Å². The molecule has 11 heteroatoms. The molecule has 192 valence electrons. The topological polar surface area (TPSA) is 97.8 Å². The summed E-state index contributed by atoms with van der Waals surface area (Å²) in [6.07, 6.45) is 3.07. The summed E-state index contributed by atoms with van der Waals surface area (Å²) in [6.45, 7) is 0.879. The molecule has 1 fully saturated rings. The van der Waals surface area contributed by atoms with Crippen LogP contribution in [0.3, 0.4) is 0 Å². The van der Waals surface area contributed by atoms with Crippen LogP contribution in [-0.4, -0.2) is 50.7 Å². The number of para-hydroxylation sites is 1. The van der Waals surface area contributed by atoms with Crippen LogP contribution in [-0.2, 0) is 9.84 Å². The van der Waals surface area contributed by atoms with Crippen LogP contribution >= 0.6 is 0 Å². The number of halogens is 2. The van der Waals surface area contributed by atoms with Crippen LogP contribution in [0.15, 0.2) is 36.4 Å². The van der Waals surface area contributed by atoms with E-state index in [0.717, 1.165) is 5.56 Å². The first-order chi connectivity index (χ1) is 16.5. The fourth-order valence-corrected chi connectivity index (χ4v) is 5.51. The fraction of sp³-hybridized carbons (Fsp3) is 0.500. The number of urea groups is 1. The molecule has 0 atom stereocenters. The number of pyridine rings is 1. The minimum atomic E-state index is -3.18. The Morgan fingerprint density at radius 3 is 2.34 bits per heavy atom. The van der Waals surface area contributed by atoms with Crippen LogP contribution in [0.4, 0.5) is 25.0 Å². The van der Waals surface area contributed by atoms with Crippen LogP contribution in [0.5, 0.6) is 11.8 Å². The zero-order chi connectivity index (χ0) is 25.8. The quantitative estimate of drug-likeness (QED) is 0.523. The first-order valence-electron chi connectivity index (χ1n) is 11.4. The number of amides is 2. The van der Waals surface area contributed by atoms with Gasteiger partial charge in [-0.15, -0.1) is 0 Å². The summed E-state index contributed by atoms with van der Waals surface area (Å²) in [5, 5.41) is 2.22. The molecule has 0 unspecified atom stereocenters. The SMILES string of the molecule is COc1ccc(NC(=O)N(c2ccccc2C(C)C)C2CCC(S(C)(=O)=O)CC2)c(OC(F)F)n1. The molecule has 1 N–H and O–H groups in total. The number of hydrogen-bond acceptors (Lipinski definition) is 6. The summed E-state index contributed by atoms with van der Waals surface area (Å²) < 4.78 is 59.6. The lowest BCUT2D eigenvalue weighted by Gasteiger charge is -2.37. The molecule has 0 saturated heterocycles. The van der Waals surface area contributed by atoms with Gasteiger partial charge in [-0.1, -0.05) is 32.0 Å². The van der Waals surface area contributed by atoms with Gasteiger partial charge in [0.05, 0.1) is 12.4 Å². The first kappa shape index (κ1) is 26.7. The van der Waals surface area contributed by atoms with Gasteiger partial charge < -0.3 is 14.8 Å². The number of sulfone groups is 1. The maximum Gasteiger partial charge on any atom is 0.388 e. The van der Waals surface area contributed by atoms with Crippen molar-refractivity contribution in [1.29, 1.82) is 0 Å². The molecule has 1 heterocycles. The molecule has 1 aliphatic rings. The van der Waals surface area contributed by atoms with Crippen molar-refractivity contribution in [2.75, 3.05) is 23.6 Å². The lowest BCUT2D eigenvalue weighted by atomic mass is 9.92. The predicted molar refractivity (Wildman–Crippen MR) is 130 cm³/mol. The second-order valence-electron chi connectivity index (χ2n) is 8.86. The van der Waals surface area contributed by atoms with E-state index in [2.05, 4.69) is 15.0 Å². The number of nitrogens with zero attached hydrogens (tertiary/aromatic N) is 2. The molecule has 8 nitrogen and oxygen atoms in total. The highest BCUT2D eigenvalue weighted by molar-refractivity contribution is 7.91. The molecule has 0 spiro atoms. The monoisotopic (exact) mass is 511 g/mol. The minimum absolute atomic E-state index is 0.0343. The fourth-order valence-electron chi connectivity index (χ4n) is 4.38. The van der Waals surface area contributed by atoms with Crippen LogP contribution in [0.25, 0.3) is 0 Å². The molecular weight excluding hydrogens is 480 g/mol. The van der Waals surface area contributed by atoms with Crippen molar-refractivity contribution in [1.82, 2.24) is 4.98 Å². The number of carbonyl (C=O) groups excluding carboxylic acids is 1. The number of nitrogens with one attached hydrogen (secondary N) is 1. The number of hydrogen-bond donors (Lipinski definition) is 1. The van der Waals surface area contributed by atoms with Gasteiger partial charge in [0.2, 0.25) is 11.8 Å². The van der Waals surface area contributed by atoms with E-state index in [1.165, 1.54) is 25.5 Å². The molecule has 0 radical (unpaired) electrons. The van der Waals surface area contributed by atoms with Crippen molar-refractivity contribution in [2.45, 2.75) is 63.4 Å². The molecular formula is C24H31F2N3O5S. The van der Waals surface area contributed by atoms with Gasteiger partial charge in [0.25, 0.3) is 0 Å². The molecule has 0 bridgehead atoms. The highest BCUT2D eigenvalue weighted by Crippen LogP contribution is 2.36. The Bertz CT molecular complexity index is 1140. The van der Waals surface area contributed by atoms with Crippen molar-refractivity contribution in [3.63, 3.8) is 0 Å². The summed E-state index contributed by atoms with van der Waals surface area (Å²) in [5.41, 5.74) is 1.58. The van der Waals surface area contributed by atoms with Crippen molar-refractivity contribution >= 4 is 27.2 Å². The molecule has 35 heavy (non-hydrogen) atoms. The molecule has 1 saturated carbocycles. The second-order valence-corrected chi connectivity index (χ2v) is 11.2. The van der Waals surface area contributed by atoms with Crippen molar-refractivity contribution in [2.24, 2.45) is 0 Å². The van der Waals surface area contributed by atoms with Crippen molar-refractivity contribution < 1.29 is 31.5 Å². The average Bonchev–Trinajstić information content (AvgIpc) is 2.80. The summed E-state index contributed by atoms with van der Waals surface area (Å²) in [7, 11) is -1.84. The van der Waals surface area contributed by atoms with E-state index < -0.39 is 33.6 Å². The van der Waals surface area contributed by atoms with Gasteiger partial charge in [-0.25, -0.2) is 13.2 Å². The number of anilines is 2. The molecule has 2 aromatic rings. The molecule has 2 amide bonds. The summed E-state index contributed by atoms with van der Waals surface area (Å²) in [6, 6.07) is 9.46. The van der Waals surface area contributed by atoms with Crippen LogP contribution in [0.2, 0.25) is 0 Å². The number of rotatable bonds is 8. The van der Waals surface area contributed by atoms with E-state index in [0.29, 0.717) is 31.4 Å². The van der Waals surface area contributed by atoms with E-state index >= 15 is 0 Å². The molecule has 1 aliphatic carbocycles. The third-order valence-corrected chi connectivity index (χ3v) is 7.82. The lowest BCUT2D eigenvalue weighted by Crippen LogP contribution is -2.46. The Hall–Kier alpha value is -2.95.